The first kappa shape index (κ1) is 12.4. The van der Waals surface area contributed by atoms with Gasteiger partial charge in [0.05, 0.1) is 6.04 Å². The fraction of sp³-hybridized carbons (Fsp3) is 0.158. The molecule has 0 radical (unpaired) electrons. The van der Waals surface area contributed by atoms with Gasteiger partial charge in [-0.2, -0.15) is 0 Å². The highest BCUT2D eigenvalue weighted by atomic mass is 16.3. The Hall–Kier alpha value is -2.32. The molecule has 2 nitrogen and oxygen atoms in total. The quantitative estimate of drug-likeness (QED) is 0.708. The Balaban J connectivity index is 1.82. The second-order valence-corrected chi connectivity index (χ2v) is 5.63. The molecule has 104 valence electrons. The van der Waals surface area contributed by atoms with Crippen molar-refractivity contribution < 1.29 is 5.11 Å². The van der Waals surface area contributed by atoms with E-state index in [1.165, 1.54) is 27.5 Å². The monoisotopic (exact) mass is 275 g/mol. The van der Waals surface area contributed by atoms with Gasteiger partial charge in [-0.1, -0.05) is 42.5 Å². The van der Waals surface area contributed by atoms with E-state index in [9.17, 15) is 5.11 Å². The van der Waals surface area contributed by atoms with E-state index < -0.39 is 0 Å². The first-order chi connectivity index (χ1) is 10.3. The zero-order valence-electron chi connectivity index (χ0n) is 11.7. The minimum atomic E-state index is 0.207. The molecule has 0 spiro atoms. The fourth-order valence-corrected chi connectivity index (χ4v) is 3.24. The molecule has 21 heavy (non-hydrogen) atoms. The number of rotatable bonds is 1. The molecular weight excluding hydrogens is 258 g/mol. The SMILES string of the molecule is Oc1ccc2c(c1)CCNC2c1ccc2ccccc2c1. The van der Waals surface area contributed by atoms with Gasteiger partial charge in [-0.3, -0.25) is 0 Å². The Bertz CT molecular complexity index is 810. The van der Waals surface area contributed by atoms with Crippen molar-refractivity contribution in [1.29, 1.82) is 0 Å². The molecule has 3 aromatic rings. The molecule has 1 unspecified atom stereocenters. The predicted molar refractivity (Wildman–Crippen MR) is 85.6 cm³/mol. The molecule has 0 amide bonds. The normalized spacial score (nSPS) is 17.6. The molecule has 1 atom stereocenters. The van der Waals surface area contributed by atoms with Crippen LogP contribution in [0.2, 0.25) is 0 Å². The van der Waals surface area contributed by atoms with Crippen molar-refractivity contribution >= 4 is 10.8 Å². The van der Waals surface area contributed by atoms with Crippen LogP contribution in [0.4, 0.5) is 0 Å². The molecule has 2 N–H and O–H groups in total. The molecule has 2 heteroatoms. The zero-order valence-corrected chi connectivity index (χ0v) is 11.7. The molecule has 4 rings (SSSR count). The molecule has 1 aliphatic rings. The van der Waals surface area contributed by atoms with Crippen LogP contribution in [0.25, 0.3) is 10.8 Å². The third-order valence-electron chi connectivity index (χ3n) is 4.29. The van der Waals surface area contributed by atoms with Crippen LogP contribution >= 0.6 is 0 Å². The van der Waals surface area contributed by atoms with E-state index in [1.54, 1.807) is 6.07 Å². The lowest BCUT2D eigenvalue weighted by Crippen LogP contribution is -2.30. The summed E-state index contributed by atoms with van der Waals surface area (Å²) in [5.41, 5.74) is 3.79. The maximum absolute atomic E-state index is 9.67. The second-order valence-electron chi connectivity index (χ2n) is 5.63. The first-order valence-corrected chi connectivity index (χ1v) is 7.35. The molecule has 1 aliphatic heterocycles. The third kappa shape index (κ3) is 2.18. The second kappa shape index (κ2) is 4.90. The van der Waals surface area contributed by atoms with Crippen molar-refractivity contribution in [3.63, 3.8) is 0 Å². The summed E-state index contributed by atoms with van der Waals surface area (Å²) >= 11 is 0. The van der Waals surface area contributed by atoms with Crippen LogP contribution in [0.5, 0.6) is 5.75 Å². The maximum atomic E-state index is 9.67. The smallest absolute Gasteiger partial charge is 0.115 e. The highest BCUT2D eigenvalue weighted by molar-refractivity contribution is 5.83. The Kier molecular flexibility index (Phi) is 2.90. The van der Waals surface area contributed by atoms with Crippen molar-refractivity contribution in [3.05, 3.63) is 77.4 Å². The van der Waals surface area contributed by atoms with E-state index in [4.69, 9.17) is 0 Å². The van der Waals surface area contributed by atoms with Gasteiger partial charge in [0.25, 0.3) is 0 Å². The topological polar surface area (TPSA) is 32.3 Å². The van der Waals surface area contributed by atoms with E-state index in [0.29, 0.717) is 5.75 Å². The number of phenolic OH excluding ortho intramolecular Hbond substituents is 1. The minimum absolute atomic E-state index is 0.207. The van der Waals surface area contributed by atoms with Crippen LogP contribution in [-0.4, -0.2) is 11.7 Å². The Labute approximate surface area is 124 Å². The number of benzene rings is 3. The van der Waals surface area contributed by atoms with Gasteiger partial charge in [-0.25, -0.2) is 0 Å². The van der Waals surface area contributed by atoms with Gasteiger partial charge in [0.15, 0.2) is 0 Å². The molecule has 1 heterocycles. The van der Waals surface area contributed by atoms with Crippen LogP contribution in [0.1, 0.15) is 22.7 Å². The van der Waals surface area contributed by atoms with E-state index in [1.807, 2.05) is 12.1 Å². The van der Waals surface area contributed by atoms with Gasteiger partial charge >= 0.3 is 0 Å². The molecule has 0 bridgehead atoms. The standard InChI is InChI=1S/C19H17NO/c21-17-7-8-18-15(12-17)9-10-20-19(18)16-6-5-13-3-1-2-4-14(13)11-16/h1-8,11-12,19-21H,9-10H2. The summed E-state index contributed by atoms with van der Waals surface area (Å²) in [6, 6.07) is 21.0. The van der Waals surface area contributed by atoms with Crippen LogP contribution in [0, 0.1) is 0 Å². The minimum Gasteiger partial charge on any atom is -0.508 e. The van der Waals surface area contributed by atoms with Gasteiger partial charge in [0.2, 0.25) is 0 Å². The van der Waals surface area contributed by atoms with Crippen molar-refractivity contribution in [2.45, 2.75) is 12.5 Å². The largest absolute Gasteiger partial charge is 0.508 e. The van der Waals surface area contributed by atoms with E-state index in [2.05, 4.69) is 47.8 Å². The van der Waals surface area contributed by atoms with Crippen molar-refractivity contribution in [1.82, 2.24) is 5.32 Å². The van der Waals surface area contributed by atoms with Crippen molar-refractivity contribution in [3.8, 4) is 5.75 Å². The number of fused-ring (bicyclic) bond motifs is 2. The lowest BCUT2D eigenvalue weighted by atomic mass is 9.89. The zero-order chi connectivity index (χ0) is 14.2. The number of hydrogen-bond donors (Lipinski definition) is 2. The molecular formula is C19H17NO. The van der Waals surface area contributed by atoms with Gasteiger partial charge in [-0.05, 0) is 52.1 Å². The average molecular weight is 275 g/mol. The summed E-state index contributed by atoms with van der Waals surface area (Å²) in [5, 5.41) is 15.8. The molecule has 0 aliphatic carbocycles. The highest BCUT2D eigenvalue weighted by Gasteiger charge is 2.21. The summed E-state index contributed by atoms with van der Waals surface area (Å²) in [4.78, 5) is 0. The molecule has 3 aromatic carbocycles. The molecule has 0 saturated heterocycles. The Morgan fingerprint density at radius 2 is 1.76 bits per heavy atom. The van der Waals surface area contributed by atoms with E-state index in [0.717, 1.165) is 13.0 Å². The number of nitrogens with one attached hydrogen (secondary N) is 1. The van der Waals surface area contributed by atoms with Crippen LogP contribution in [0.3, 0.4) is 0 Å². The summed E-state index contributed by atoms with van der Waals surface area (Å²) < 4.78 is 0. The summed E-state index contributed by atoms with van der Waals surface area (Å²) in [6.07, 6.45) is 0.966. The first-order valence-electron chi connectivity index (χ1n) is 7.35. The van der Waals surface area contributed by atoms with Gasteiger partial charge in [0.1, 0.15) is 5.75 Å². The molecule has 0 aromatic heterocycles. The van der Waals surface area contributed by atoms with Gasteiger partial charge in [0, 0.05) is 6.54 Å². The number of phenols is 1. The highest BCUT2D eigenvalue weighted by Crippen LogP contribution is 2.32. The lowest BCUT2D eigenvalue weighted by Gasteiger charge is -2.27. The van der Waals surface area contributed by atoms with Crippen molar-refractivity contribution in [2.24, 2.45) is 0 Å². The Morgan fingerprint density at radius 1 is 0.905 bits per heavy atom. The summed E-state index contributed by atoms with van der Waals surface area (Å²) in [6.45, 7) is 0.938. The fourth-order valence-electron chi connectivity index (χ4n) is 3.24. The Morgan fingerprint density at radius 3 is 2.67 bits per heavy atom. The molecule has 0 saturated carbocycles. The summed E-state index contributed by atoms with van der Waals surface area (Å²) in [7, 11) is 0. The van der Waals surface area contributed by atoms with E-state index in [-0.39, 0.29) is 6.04 Å². The maximum Gasteiger partial charge on any atom is 0.115 e. The molecule has 0 fully saturated rings. The predicted octanol–water partition coefficient (Wildman–Crippen LogP) is 3.78. The van der Waals surface area contributed by atoms with Crippen LogP contribution in [0.15, 0.2) is 60.7 Å². The lowest BCUT2D eigenvalue weighted by molar-refractivity contribution is 0.471. The third-order valence-corrected chi connectivity index (χ3v) is 4.29. The summed E-state index contributed by atoms with van der Waals surface area (Å²) in [5.74, 6) is 0.355. The van der Waals surface area contributed by atoms with Crippen molar-refractivity contribution in [2.75, 3.05) is 6.54 Å². The van der Waals surface area contributed by atoms with Gasteiger partial charge in [-0.15, -0.1) is 0 Å². The number of hydrogen-bond acceptors (Lipinski definition) is 2. The average Bonchev–Trinajstić information content (AvgIpc) is 2.53. The van der Waals surface area contributed by atoms with Crippen LogP contribution in [-0.2, 0) is 6.42 Å². The van der Waals surface area contributed by atoms with Crippen LogP contribution < -0.4 is 5.32 Å². The van der Waals surface area contributed by atoms with Gasteiger partial charge < -0.3 is 10.4 Å². The number of aromatic hydroxyl groups is 1. The van der Waals surface area contributed by atoms with E-state index >= 15 is 0 Å².